The lowest BCUT2D eigenvalue weighted by Crippen LogP contribution is -2.47. The van der Waals surface area contributed by atoms with Crippen LogP contribution in [0.2, 0.25) is 0 Å². The minimum Gasteiger partial charge on any atom is -0.484 e. The van der Waals surface area contributed by atoms with Gasteiger partial charge in [0, 0.05) is 36.6 Å². The summed E-state index contributed by atoms with van der Waals surface area (Å²) in [5.41, 5.74) is -2.21. The molecular formula is C21H24F3N3O5. The van der Waals surface area contributed by atoms with E-state index in [1.165, 1.54) is 6.20 Å². The Morgan fingerprint density at radius 3 is 2.59 bits per heavy atom. The summed E-state index contributed by atoms with van der Waals surface area (Å²) in [5, 5.41) is 14.5. The lowest BCUT2D eigenvalue weighted by Gasteiger charge is -2.37. The van der Waals surface area contributed by atoms with Gasteiger partial charge in [0.15, 0.2) is 18.2 Å². The Kier molecular flexibility index (Phi) is 5.74. The first kappa shape index (κ1) is 22.7. The maximum absolute atomic E-state index is 13.1. The van der Waals surface area contributed by atoms with E-state index in [1.54, 1.807) is 6.92 Å². The van der Waals surface area contributed by atoms with Crippen molar-refractivity contribution < 1.29 is 37.1 Å². The van der Waals surface area contributed by atoms with Crippen molar-refractivity contribution >= 4 is 5.78 Å². The molecule has 174 valence electrons. The summed E-state index contributed by atoms with van der Waals surface area (Å²) < 4.78 is 53.3. The van der Waals surface area contributed by atoms with Crippen molar-refractivity contribution in [1.82, 2.24) is 15.1 Å². The quantitative estimate of drug-likeness (QED) is 0.574. The largest absolute Gasteiger partial charge is 0.484 e. The third kappa shape index (κ3) is 4.93. The van der Waals surface area contributed by atoms with E-state index in [0.29, 0.717) is 24.1 Å². The van der Waals surface area contributed by atoms with Gasteiger partial charge in [0.2, 0.25) is 5.89 Å². The normalized spacial score (nSPS) is 19.8. The van der Waals surface area contributed by atoms with Gasteiger partial charge in [-0.3, -0.25) is 9.78 Å². The second kappa shape index (κ2) is 8.11. The van der Waals surface area contributed by atoms with E-state index in [0.717, 1.165) is 18.9 Å². The number of nitrogens with zero attached hydrogens (tertiary/aromatic N) is 3. The number of rotatable bonds is 9. The van der Waals surface area contributed by atoms with Crippen LogP contribution in [0.5, 0.6) is 5.75 Å². The molecule has 2 aliphatic rings. The molecule has 2 fully saturated rings. The molecule has 1 N–H and O–H groups in total. The molecule has 4 rings (SSSR count). The number of hydrogen-bond donors (Lipinski definition) is 1. The van der Waals surface area contributed by atoms with Gasteiger partial charge in [-0.1, -0.05) is 24.9 Å². The van der Waals surface area contributed by atoms with Crippen LogP contribution in [0.4, 0.5) is 13.2 Å². The topological polar surface area (TPSA) is 108 Å². The van der Waals surface area contributed by atoms with Crippen molar-refractivity contribution in [2.24, 2.45) is 5.92 Å². The van der Waals surface area contributed by atoms with Crippen LogP contribution in [0.15, 0.2) is 16.8 Å². The summed E-state index contributed by atoms with van der Waals surface area (Å²) >= 11 is 0. The van der Waals surface area contributed by atoms with Gasteiger partial charge in [0.1, 0.15) is 17.0 Å². The molecule has 1 aliphatic heterocycles. The number of hydrogen-bond acceptors (Lipinski definition) is 8. The van der Waals surface area contributed by atoms with Crippen molar-refractivity contribution in [3.63, 3.8) is 0 Å². The Hall–Kier alpha value is -2.53. The highest BCUT2D eigenvalue weighted by Crippen LogP contribution is 2.43. The van der Waals surface area contributed by atoms with Gasteiger partial charge in [-0.25, -0.2) is 0 Å². The van der Waals surface area contributed by atoms with E-state index >= 15 is 0 Å². The summed E-state index contributed by atoms with van der Waals surface area (Å²) in [5.74, 6) is 0.624. The molecule has 1 atom stereocenters. The van der Waals surface area contributed by atoms with Crippen molar-refractivity contribution in [3.05, 3.63) is 35.2 Å². The highest BCUT2D eigenvalue weighted by molar-refractivity contribution is 5.95. The molecule has 0 radical (unpaired) electrons. The number of aromatic nitrogens is 3. The monoisotopic (exact) mass is 455 g/mol. The van der Waals surface area contributed by atoms with E-state index in [2.05, 4.69) is 15.1 Å². The maximum atomic E-state index is 13.1. The number of Topliss-reactive ketones (excluding diaryl/α,β-unsaturated/α-hetero) is 1. The number of carbonyl (C=O) groups excluding carboxylic acids is 1. The first-order chi connectivity index (χ1) is 15.0. The fourth-order valence-electron chi connectivity index (χ4n) is 3.86. The van der Waals surface area contributed by atoms with Crippen LogP contribution in [0.25, 0.3) is 0 Å². The minimum atomic E-state index is -4.58. The van der Waals surface area contributed by atoms with Crippen LogP contribution < -0.4 is 4.74 Å². The molecule has 0 bridgehead atoms. The Labute approximate surface area is 182 Å². The van der Waals surface area contributed by atoms with Gasteiger partial charge in [-0.15, -0.1) is 0 Å². The van der Waals surface area contributed by atoms with Crippen LogP contribution in [-0.4, -0.2) is 52.0 Å². The van der Waals surface area contributed by atoms with Gasteiger partial charge in [-0.05, 0) is 12.3 Å². The lowest BCUT2D eigenvalue weighted by atomic mass is 9.78. The lowest BCUT2D eigenvalue weighted by molar-refractivity contribution is -0.187. The molecule has 1 saturated carbocycles. The van der Waals surface area contributed by atoms with Crippen molar-refractivity contribution in [3.8, 4) is 5.75 Å². The smallest absolute Gasteiger partial charge is 0.422 e. The van der Waals surface area contributed by atoms with Crippen LogP contribution >= 0.6 is 0 Å². The molecule has 32 heavy (non-hydrogen) atoms. The molecular weight excluding hydrogens is 431 g/mol. The second-order valence-corrected chi connectivity index (χ2v) is 8.94. The van der Waals surface area contributed by atoms with Crippen molar-refractivity contribution in [2.75, 3.05) is 19.8 Å². The summed E-state index contributed by atoms with van der Waals surface area (Å²) in [7, 11) is 0. The average Bonchev–Trinajstić information content (AvgIpc) is 3.39. The Bertz CT molecular complexity index is 1000. The molecule has 0 amide bonds. The number of carbonyl (C=O) groups is 1. The minimum absolute atomic E-state index is 0.000903. The highest BCUT2D eigenvalue weighted by Gasteiger charge is 2.43. The number of alkyl halides is 3. The Balaban J connectivity index is 1.60. The zero-order valence-electron chi connectivity index (χ0n) is 17.7. The zero-order chi connectivity index (χ0) is 23.1. The van der Waals surface area contributed by atoms with E-state index in [4.69, 9.17) is 14.0 Å². The number of ketones is 1. The maximum Gasteiger partial charge on any atom is 0.422 e. The fourth-order valence-corrected chi connectivity index (χ4v) is 3.86. The van der Waals surface area contributed by atoms with Gasteiger partial charge in [0.05, 0.1) is 13.2 Å². The van der Waals surface area contributed by atoms with Gasteiger partial charge in [0.25, 0.3) is 0 Å². The summed E-state index contributed by atoms with van der Waals surface area (Å²) in [6, 6.07) is 1.15. The van der Waals surface area contributed by atoms with Crippen LogP contribution in [0.3, 0.4) is 0 Å². The number of halogens is 3. The van der Waals surface area contributed by atoms with Gasteiger partial charge < -0.3 is 19.1 Å². The highest BCUT2D eigenvalue weighted by atomic mass is 19.4. The molecule has 2 aromatic heterocycles. The van der Waals surface area contributed by atoms with E-state index < -0.39 is 29.6 Å². The van der Waals surface area contributed by atoms with Crippen molar-refractivity contribution in [2.45, 2.75) is 56.7 Å². The van der Waals surface area contributed by atoms with Crippen LogP contribution in [-0.2, 0) is 15.8 Å². The molecule has 1 saturated heterocycles. The van der Waals surface area contributed by atoms with Gasteiger partial charge >= 0.3 is 6.18 Å². The van der Waals surface area contributed by atoms with Crippen molar-refractivity contribution in [1.29, 1.82) is 0 Å². The molecule has 0 spiro atoms. The van der Waals surface area contributed by atoms with Crippen LogP contribution in [0.1, 0.15) is 60.4 Å². The molecule has 2 aromatic rings. The first-order valence-electron chi connectivity index (χ1n) is 10.3. The SMILES string of the molecule is Cc1nc(C(C)(CC(=O)c2cc(OCC(F)(F)F)c(C3(O)COC3)cn2)CC2CC2)no1. The predicted octanol–water partition coefficient (Wildman–Crippen LogP) is 3.26. The summed E-state index contributed by atoms with van der Waals surface area (Å²) in [6.45, 7) is 1.78. The summed E-state index contributed by atoms with van der Waals surface area (Å²) in [4.78, 5) is 21.5. The number of ether oxygens (including phenoxy) is 2. The third-order valence-electron chi connectivity index (χ3n) is 5.78. The molecule has 1 aliphatic carbocycles. The van der Waals surface area contributed by atoms with Gasteiger partial charge in [-0.2, -0.15) is 18.2 Å². The standard InChI is InChI=1S/C21H24F3N3O5/c1-12-26-18(27-32-12)19(2,6-13-3-4-13)7-16(28)15-5-17(31-11-21(22,23)24)14(8-25-15)20(29)9-30-10-20/h5,8,13,29H,3-4,6-7,9-11H2,1-2H3. The average molecular weight is 455 g/mol. The molecule has 8 nitrogen and oxygen atoms in total. The number of aryl methyl sites for hydroxylation is 1. The Morgan fingerprint density at radius 1 is 1.34 bits per heavy atom. The molecule has 1 unspecified atom stereocenters. The summed E-state index contributed by atoms with van der Waals surface area (Å²) in [6.07, 6.45) is -0.598. The molecule has 0 aromatic carbocycles. The predicted molar refractivity (Wildman–Crippen MR) is 103 cm³/mol. The number of aliphatic hydroxyl groups is 1. The van der Waals surface area contributed by atoms with E-state index in [9.17, 15) is 23.1 Å². The van der Waals surface area contributed by atoms with Crippen LogP contribution in [0, 0.1) is 12.8 Å². The van der Waals surface area contributed by atoms with E-state index in [1.807, 2.05) is 6.92 Å². The second-order valence-electron chi connectivity index (χ2n) is 8.94. The van der Waals surface area contributed by atoms with E-state index in [-0.39, 0.29) is 36.6 Å². The first-order valence-corrected chi connectivity index (χ1v) is 10.3. The fraction of sp³-hybridized carbons (Fsp3) is 0.619. The zero-order valence-corrected chi connectivity index (χ0v) is 17.7. The Morgan fingerprint density at radius 2 is 2.06 bits per heavy atom. The molecule has 11 heteroatoms. The molecule has 3 heterocycles. The number of pyridine rings is 1. The third-order valence-corrected chi connectivity index (χ3v) is 5.78.